The van der Waals surface area contributed by atoms with E-state index in [4.69, 9.17) is 37.3 Å². The molecular weight excluding hydrogens is 377 g/mol. The largest absolute Gasteiger partial charge is 2.00 e. The van der Waals surface area contributed by atoms with Gasteiger partial charge in [0.1, 0.15) is 0 Å². The normalized spacial score (nSPS) is 16.8. The molecule has 14 heteroatoms. The Balaban J connectivity index is -0.000000230. The molecule has 0 aromatic carbocycles. The van der Waals surface area contributed by atoms with Crippen LogP contribution in [-0.4, -0.2) is 39.3 Å². The first-order chi connectivity index (χ1) is 8.50. The molecule has 0 bridgehead atoms. The molecule has 1 fully saturated rings. The van der Waals surface area contributed by atoms with Crippen molar-refractivity contribution in [3.05, 3.63) is 0 Å². The second kappa shape index (κ2) is 14.6. The van der Waals surface area contributed by atoms with Gasteiger partial charge >= 0.3 is 17.1 Å². The van der Waals surface area contributed by atoms with E-state index in [0.29, 0.717) is 0 Å². The van der Waals surface area contributed by atoms with Crippen LogP contribution >= 0.6 is 0 Å². The van der Waals surface area contributed by atoms with Gasteiger partial charge in [0, 0.05) is 39.3 Å². The van der Waals surface area contributed by atoms with E-state index in [1.807, 2.05) is 0 Å². The summed E-state index contributed by atoms with van der Waals surface area (Å²) in [6.45, 7) is 6.59. The zero-order chi connectivity index (χ0) is 15.4. The molecule has 1 saturated heterocycles. The summed E-state index contributed by atoms with van der Waals surface area (Å²) in [4.78, 5) is 0. The molecule has 0 aromatic rings. The van der Waals surface area contributed by atoms with Gasteiger partial charge in [-0.15, -0.1) is 20.5 Å². The van der Waals surface area contributed by atoms with Crippen LogP contribution in [0.2, 0.25) is 0 Å². The zero-order valence-corrected chi connectivity index (χ0v) is 12.5. The molecule has 1 aliphatic rings. The Morgan fingerprint density at radius 1 is 0.450 bits per heavy atom. The van der Waals surface area contributed by atoms with Crippen LogP contribution in [0.3, 0.4) is 0 Å². The number of halogens is 2. The summed E-state index contributed by atoms with van der Waals surface area (Å²) in [6, 6.07) is 0. The smallest absolute Gasteiger partial charge is 0.314 e. The number of hydrogen-bond acceptors (Lipinski definition) is 11. The van der Waals surface area contributed by atoms with Crippen molar-refractivity contribution < 1.29 is 74.8 Å². The summed E-state index contributed by atoms with van der Waals surface area (Å²) in [5, 5.41) is 9.91. The van der Waals surface area contributed by atoms with Gasteiger partial charge in [-0.1, -0.05) is 0 Å². The fourth-order valence-electron chi connectivity index (χ4n) is 0.905. The summed E-state index contributed by atoms with van der Waals surface area (Å²) in [7, 11) is -9.89. The van der Waals surface area contributed by atoms with Gasteiger partial charge in [0.25, 0.3) is 0 Å². The summed E-state index contributed by atoms with van der Waals surface area (Å²) in [6.07, 6.45) is 0. The van der Waals surface area contributed by atoms with Crippen molar-refractivity contribution >= 4 is 0 Å². The maximum absolute atomic E-state index is 8.49. The Kier molecular flexibility index (Phi) is 18.7. The number of nitrogens with one attached hydrogen (secondary N) is 3. The van der Waals surface area contributed by atoms with E-state index in [9.17, 15) is 0 Å². The maximum Gasteiger partial charge on any atom is 2.00 e. The molecule has 1 radical (unpaired) electrons. The number of rotatable bonds is 0. The van der Waals surface area contributed by atoms with Crippen molar-refractivity contribution in [2.75, 3.05) is 39.3 Å². The van der Waals surface area contributed by atoms with Crippen LogP contribution in [0.4, 0.5) is 0 Å². The van der Waals surface area contributed by atoms with E-state index in [0.717, 1.165) is 39.3 Å². The summed E-state index contributed by atoms with van der Waals surface area (Å²) >= 11 is 0. The van der Waals surface area contributed by atoms with Crippen LogP contribution in [0, 0.1) is 20.5 Å². The van der Waals surface area contributed by atoms with Gasteiger partial charge in [0.2, 0.25) is 0 Å². The van der Waals surface area contributed by atoms with Gasteiger partial charge in [0.15, 0.2) is 0 Å². The van der Waals surface area contributed by atoms with Crippen LogP contribution in [0.15, 0.2) is 0 Å². The fraction of sp³-hybridized carbons (Fsp3) is 1.00. The Morgan fingerprint density at radius 2 is 0.550 bits per heavy atom. The minimum absolute atomic E-state index is 0. The predicted molar refractivity (Wildman–Crippen MR) is 38.6 cm³/mol. The quantitative estimate of drug-likeness (QED) is 0.329. The second-order valence-corrected chi connectivity index (χ2v) is 4.52. The van der Waals surface area contributed by atoms with Crippen molar-refractivity contribution in [2.45, 2.75) is 0 Å². The SMILES string of the molecule is C1CNCCNCCN1.[Cu+2].[O-][Cl+3]([O-])([O-])[O-].[O-][Cl+3]([O-])([O-])[O-]. The van der Waals surface area contributed by atoms with E-state index in [2.05, 4.69) is 16.0 Å². The van der Waals surface area contributed by atoms with Crippen molar-refractivity contribution in [3.8, 4) is 0 Å². The van der Waals surface area contributed by atoms with Crippen LogP contribution in [0.5, 0.6) is 0 Å². The maximum atomic E-state index is 8.49. The summed E-state index contributed by atoms with van der Waals surface area (Å²) in [5.41, 5.74) is 0. The van der Waals surface area contributed by atoms with E-state index in [1.165, 1.54) is 0 Å². The molecule has 127 valence electrons. The molecule has 20 heavy (non-hydrogen) atoms. The fourth-order valence-corrected chi connectivity index (χ4v) is 0.905. The molecular formula is C6H15Cl2CuN3O8. The molecule has 1 rings (SSSR count). The van der Waals surface area contributed by atoms with E-state index in [-0.39, 0.29) is 17.1 Å². The van der Waals surface area contributed by atoms with Crippen molar-refractivity contribution in [1.29, 1.82) is 0 Å². The summed E-state index contributed by atoms with van der Waals surface area (Å²) < 4.78 is 67.9. The topological polar surface area (TPSA) is 221 Å². The molecule has 0 amide bonds. The van der Waals surface area contributed by atoms with E-state index < -0.39 is 20.5 Å². The molecule has 0 saturated carbocycles. The molecule has 0 atom stereocenters. The average molecular weight is 392 g/mol. The standard InChI is InChI=1S/C6H15N3.2ClHO4.Cu/c1-2-8-5-6-9-4-3-7-1;2*2-1(3,4)5;/h7-9H,1-6H2;2*(H,2,3,4,5);/q;;;+2/p-2. The van der Waals surface area contributed by atoms with Gasteiger partial charge in [-0.25, -0.2) is 37.3 Å². The van der Waals surface area contributed by atoms with Gasteiger partial charge in [-0.3, -0.25) is 0 Å². The van der Waals surface area contributed by atoms with Gasteiger partial charge in [0.05, 0.1) is 0 Å². The molecule has 0 aromatic heterocycles. The van der Waals surface area contributed by atoms with Crippen molar-refractivity contribution in [1.82, 2.24) is 16.0 Å². The molecule has 0 aliphatic carbocycles. The van der Waals surface area contributed by atoms with Crippen molar-refractivity contribution in [2.24, 2.45) is 0 Å². The Hall–Kier alpha value is 0.659. The van der Waals surface area contributed by atoms with Crippen LogP contribution < -0.4 is 53.2 Å². The molecule has 0 unspecified atom stereocenters. The first-order valence-electron chi connectivity index (χ1n) is 4.86. The minimum Gasteiger partial charge on any atom is -0.314 e. The third-order valence-electron chi connectivity index (χ3n) is 1.44. The van der Waals surface area contributed by atoms with Gasteiger partial charge < -0.3 is 16.0 Å². The molecule has 3 N–H and O–H groups in total. The third-order valence-corrected chi connectivity index (χ3v) is 1.44. The average Bonchev–Trinajstić information content (AvgIpc) is 2.26. The first-order valence-corrected chi connectivity index (χ1v) is 7.32. The molecule has 0 spiro atoms. The van der Waals surface area contributed by atoms with E-state index >= 15 is 0 Å². The zero-order valence-electron chi connectivity index (χ0n) is 10.1. The molecule has 11 nitrogen and oxygen atoms in total. The Morgan fingerprint density at radius 3 is 0.650 bits per heavy atom. The monoisotopic (exact) mass is 390 g/mol. The van der Waals surface area contributed by atoms with Crippen LogP contribution in [0.25, 0.3) is 0 Å². The van der Waals surface area contributed by atoms with Gasteiger partial charge in [-0.2, -0.15) is 0 Å². The Labute approximate surface area is 130 Å². The molecule has 1 aliphatic heterocycles. The van der Waals surface area contributed by atoms with Crippen LogP contribution in [0.1, 0.15) is 0 Å². The third kappa shape index (κ3) is 62.4. The van der Waals surface area contributed by atoms with Crippen molar-refractivity contribution in [3.63, 3.8) is 0 Å². The minimum atomic E-state index is -4.94. The summed E-state index contributed by atoms with van der Waals surface area (Å²) in [5.74, 6) is 0. The van der Waals surface area contributed by atoms with Gasteiger partial charge in [-0.05, 0) is 0 Å². The van der Waals surface area contributed by atoms with E-state index in [1.54, 1.807) is 0 Å². The Bertz CT molecular complexity index is 153. The number of hydrogen-bond donors (Lipinski definition) is 3. The first kappa shape index (κ1) is 25.6. The van der Waals surface area contributed by atoms with Crippen LogP contribution in [-0.2, 0) is 17.1 Å². The predicted octanol–water partition coefficient (Wildman–Crippen LogP) is -10.7. The molecule has 1 heterocycles. The second-order valence-electron chi connectivity index (χ2n) is 3.01.